The highest BCUT2D eigenvalue weighted by atomic mass is 14.9. The maximum absolute atomic E-state index is 4.10. The minimum Gasteiger partial charge on any atom is -0.314 e. The molecule has 0 atom stereocenters. The maximum Gasteiger partial charge on any atom is 0.0299 e. The van der Waals surface area contributed by atoms with E-state index in [1.807, 2.05) is 12.4 Å². The highest BCUT2D eigenvalue weighted by molar-refractivity contribution is 5.21. The molecule has 76 valence electrons. The summed E-state index contributed by atoms with van der Waals surface area (Å²) in [5.41, 5.74) is 2.73. The summed E-state index contributed by atoms with van der Waals surface area (Å²) in [4.78, 5) is 4.10. The van der Waals surface area contributed by atoms with Crippen molar-refractivity contribution in [1.29, 1.82) is 0 Å². The van der Waals surface area contributed by atoms with Crippen molar-refractivity contribution < 1.29 is 0 Å². The van der Waals surface area contributed by atoms with Crippen LogP contribution in [0.2, 0.25) is 0 Å². The smallest absolute Gasteiger partial charge is 0.0299 e. The van der Waals surface area contributed by atoms with E-state index < -0.39 is 0 Å². The molecule has 0 saturated heterocycles. The van der Waals surface area contributed by atoms with Crippen LogP contribution in [0.3, 0.4) is 0 Å². The molecule has 2 nitrogen and oxygen atoms in total. The Morgan fingerprint density at radius 2 is 2.36 bits per heavy atom. The van der Waals surface area contributed by atoms with E-state index in [1.165, 1.54) is 30.4 Å². The SMILES string of the molecule is Cc1cnccc1CCNC1CCC1. The molecule has 1 aromatic rings. The summed E-state index contributed by atoms with van der Waals surface area (Å²) in [6, 6.07) is 2.93. The second-order valence-electron chi connectivity index (χ2n) is 4.13. The van der Waals surface area contributed by atoms with E-state index in [0.29, 0.717) is 0 Å². The average Bonchev–Trinajstić information content (AvgIpc) is 2.12. The van der Waals surface area contributed by atoms with Crippen LogP contribution in [-0.2, 0) is 6.42 Å². The van der Waals surface area contributed by atoms with Crippen LogP contribution in [0.15, 0.2) is 18.5 Å². The third kappa shape index (κ3) is 2.32. The van der Waals surface area contributed by atoms with E-state index in [-0.39, 0.29) is 0 Å². The number of hydrogen-bond acceptors (Lipinski definition) is 2. The third-order valence-corrected chi connectivity index (χ3v) is 3.07. The number of aromatic nitrogens is 1. The molecule has 1 N–H and O–H groups in total. The molecule has 0 aliphatic heterocycles. The lowest BCUT2D eigenvalue weighted by atomic mass is 9.93. The van der Waals surface area contributed by atoms with Gasteiger partial charge in [-0.3, -0.25) is 4.98 Å². The molecule has 1 heterocycles. The fraction of sp³-hybridized carbons (Fsp3) is 0.583. The van der Waals surface area contributed by atoms with E-state index in [0.717, 1.165) is 19.0 Å². The monoisotopic (exact) mass is 190 g/mol. The van der Waals surface area contributed by atoms with Gasteiger partial charge in [0, 0.05) is 18.4 Å². The van der Waals surface area contributed by atoms with Crippen molar-refractivity contribution >= 4 is 0 Å². The van der Waals surface area contributed by atoms with Crippen LogP contribution >= 0.6 is 0 Å². The first-order valence-corrected chi connectivity index (χ1v) is 5.49. The number of nitrogens with zero attached hydrogens (tertiary/aromatic N) is 1. The zero-order chi connectivity index (χ0) is 9.80. The zero-order valence-electron chi connectivity index (χ0n) is 8.79. The Morgan fingerprint density at radius 3 is 3.00 bits per heavy atom. The Morgan fingerprint density at radius 1 is 1.50 bits per heavy atom. The van der Waals surface area contributed by atoms with Crippen LogP contribution in [0.1, 0.15) is 30.4 Å². The van der Waals surface area contributed by atoms with E-state index in [9.17, 15) is 0 Å². The van der Waals surface area contributed by atoms with Gasteiger partial charge in [-0.2, -0.15) is 0 Å². The van der Waals surface area contributed by atoms with Crippen molar-refractivity contribution in [3.8, 4) is 0 Å². The van der Waals surface area contributed by atoms with E-state index in [4.69, 9.17) is 0 Å². The molecule has 2 heteroatoms. The normalized spacial score (nSPS) is 16.6. The van der Waals surface area contributed by atoms with Crippen molar-refractivity contribution in [1.82, 2.24) is 10.3 Å². The predicted molar refractivity (Wildman–Crippen MR) is 58.3 cm³/mol. The number of rotatable bonds is 4. The van der Waals surface area contributed by atoms with Gasteiger partial charge in [-0.05, 0) is 49.9 Å². The first kappa shape index (κ1) is 9.66. The molecule has 1 saturated carbocycles. The highest BCUT2D eigenvalue weighted by Crippen LogP contribution is 2.17. The molecular formula is C12H18N2. The van der Waals surface area contributed by atoms with Gasteiger partial charge in [0.15, 0.2) is 0 Å². The summed E-state index contributed by atoms with van der Waals surface area (Å²) in [7, 11) is 0. The van der Waals surface area contributed by atoms with Crippen molar-refractivity contribution in [2.75, 3.05) is 6.54 Å². The van der Waals surface area contributed by atoms with Crippen LogP contribution in [0.5, 0.6) is 0 Å². The summed E-state index contributed by atoms with van der Waals surface area (Å²) in [5, 5.41) is 3.57. The molecule has 0 spiro atoms. The molecule has 2 rings (SSSR count). The van der Waals surface area contributed by atoms with E-state index in [2.05, 4.69) is 23.3 Å². The maximum atomic E-state index is 4.10. The summed E-state index contributed by atoms with van der Waals surface area (Å²) in [5.74, 6) is 0. The Hall–Kier alpha value is -0.890. The zero-order valence-corrected chi connectivity index (χ0v) is 8.79. The summed E-state index contributed by atoms with van der Waals surface area (Å²) in [6.07, 6.45) is 9.10. The lowest BCUT2D eigenvalue weighted by Gasteiger charge is -2.26. The molecule has 0 amide bonds. The number of aryl methyl sites for hydroxylation is 1. The van der Waals surface area contributed by atoms with Gasteiger partial charge in [0.05, 0.1) is 0 Å². The second-order valence-corrected chi connectivity index (χ2v) is 4.13. The Balaban J connectivity index is 1.76. The van der Waals surface area contributed by atoms with Gasteiger partial charge in [0.2, 0.25) is 0 Å². The number of pyridine rings is 1. The van der Waals surface area contributed by atoms with E-state index in [1.54, 1.807) is 0 Å². The molecule has 1 aromatic heterocycles. The largest absolute Gasteiger partial charge is 0.314 e. The molecule has 1 aliphatic rings. The van der Waals surface area contributed by atoms with Crippen molar-refractivity contribution in [2.45, 2.75) is 38.6 Å². The Kier molecular flexibility index (Phi) is 3.14. The van der Waals surface area contributed by atoms with Crippen molar-refractivity contribution in [3.05, 3.63) is 29.6 Å². The van der Waals surface area contributed by atoms with Gasteiger partial charge < -0.3 is 5.32 Å². The van der Waals surface area contributed by atoms with Gasteiger partial charge in [0.1, 0.15) is 0 Å². The molecule has 0 radical (unpaired) electrons. The van der Waals surface area contributed by atoms with Crippen molar-refractivity contribution in [3.63, 3.8) is 0 Å². The Labute approximate surface area is 85.7 Å². The first-order chi connectivity index (χ1) is 6.86. The molecule has 0 unspecified atom stereocenters. The van der Waals surface area contributed by atoms with Gasteiger partial charge in [-0.25, -0.2) is 0 Å². The van der Waals surface area contributed by atoms with Crippen LogP contribution in [0, 0.1) is 6.92 Å². The van der Waals surface area contributed by atoms with Crippen LogP contribution in [0.25, 0.3) is 0 Å². The van der Waals surface area contributed by atoms with E-state index >= 15 is 0 Å². The lowest BCUT2D eigenvalue weighted by Crippen LogP contribution is -2.36. The van der Waals surface area contributed by atoms with Gasteiger partial charge in [-0.1, -0.05) is 6.42 Å². The summed E-state index contributed by atoms with van der Waals surface area (Å²) < 4.78 is 0. The number of hydrogen-bond donors (Lipinski definition) is 1. The average molecular weight is 190 g/mol. The fourth-order valence-corrected chi connectivity index (χ4v) is 1.81. The predicted octanol–water partition coefficient (Wildman–Crippen LogP) is 2.07. The first-order valence-electron chi connectivity index (χ1n) is 5.49. The van der Waals surface area contributed by atoms with Crippen LogP contribution < -0.4 is 5.32 Å². The lowest BCUT2D eigenvalue weighted by molar-refractivity contribution is 0.342. The molecule has 14 heavy (non-hydrogen) atoms. The third-order valence-electron chi connectivity index (χ3n) is 3.07. The minimum absolute atomic E-state index is 0.803. The highest BCUT2D eigenvalue weighted by Gasteiger charge is 2.15. The van der Waals surface area contributed by atoms with Gasteiger partial charge >= 0.3 is 0 Å². The molecule has 0 bridgehead atoms. The van der Waals surface area contributed by atoms with Gasteiger partial charge in [-0.15, -0.1) is 0 Å². The number of nitrogens with one attached hydrogen (secondary N) is 1. The molecule has 0 aromatic carbocycles. The molecular weight excluding hydrogens is 172 g/mol. The standard InChI is InChI=1S/C12H18N2/c1-10-9-13-7-5-11(10)6-8-14-12-3-2-4-12/h5,7,9,12,14H,2-4,6,8H2,1H3. The topological polar surface area (TPSA) is 24.9 Å². The molecule has 1 fully saturated rings. The summed E-state index contributed by atoms with van der Waals surface area (Å²) in [6.45, 7) is 3.24. The van der Waals surface area contributed by atoms with Crippen LogP contribution in [-0.4, -0.2) is 17.6 Å². The summed E-state index contributed by atoms with van der Waals surface area (Å²) >= 11 is 0. The van der Waals surface area contributed by atoms with Crippen molar-refractivity contribution in [2.24, 2.45) is 0 Å². The fourth-order valence-electron chi connectivity index (χ4n) is 1.81. The Bertz CT molecular complexity index is 292. The van der Waals surface area contributed by atoms with Gasteiger partial charge in [0.25, 0.3) is 0 Å². The van der Waals surface area contributed by atoms with Crippen LogP contribution in [0.4, 0.5) is 0 Å². The molecule has 1 aliphatic carbocycles. The quantitative estimate of drug-likeness (QED) is 0.786. The minimum atomic E-state index is 0.803. The second kappa shape index (κ2) is 4.56.